The Morgan fingerprint density at radius 3 is 2.63 bits per heavy atom. The summed E-state index contributed by atoms with van der Waals surface area (Å²) in [5.41, 5.74) is -0.815. The number of hydrogen-bond acceptors (Lipinski definition) is 7. The Balaban J connectivity index is 1.47. The molecule has 0 aliphatic carbocycles. The molecule has 0 unspecified atom stereocenters. The van der Waals surface area contributed by atoms with Gasteiger partial charge in [-0.3, -0.25) is 9.59 Å². The Morgan fingerprint density at radius 2 is 1.91 bits per heavy atom. The molecule has 2 atom stereocenters. The molecule has 3 aromatic carbocycles. The number of carbonyl (C=O) groups is 1. The first-order valence-electron chi connectivity index (χ1n) is 13.7. The van der Waals surface area contributed by atoms with Crippen LogP contribution >= 0.6 is 11.6 Å². The van der Waals surface area contributed by atoms with Crippen molar-refractivity contribution in [3.63, 3.8) is 0 Å². The molecular weight excluding hydrogens is 582 g/mol. The van der Waals surface area contributed by atoms with Crippen molar-refractivity contribution < 1.29 is 27.8 Å². The summed E-state index contributed by atoms with van der Waals surface area (Å²) in [6, 6.07) is 11.9. The molecule has 1 fully saturated rings. The molecule has 0 radical (unpaired) electrons. The van der Waals surface area contributed by atoms with Gasteiger partial charge in [0.1, 0.15) is 11.6 Å². The lowest BCUT2D eigenvalue weighted by Crippen LogP contribution is -2.48. The SMILES string of the molecule is CNC(=O)c1cc2c(c(F)c1-c1c(Cl)c(F)cc3c1C[C@](c1ccccc1)([C@@H]1CCCN1)O3)Oc1c(cnn(C)c1=O)O2. The lowest BCUT2D eigenvalue weighted by molar-refractivity contribution is 0.0539. The van der Waals surface area contributed by atoms with Gasteiger partial charge in [-0.15, -0.1) is 0 Å². The van der Waals surface area contributed by atoms with Gasteiger partial charge in [-0.2, -0.15) is 5.10 Å². The van der Waals surface area contributed by atoms with Gasteiger partial charge in [0.2, 0.25) is 11.5 Å². The van der Waals surface area contributed by atoms with E-state index in [0.29, 0.717) is 5.56 Å². The van der Waals surface area contributed by atoms with Crippen LogP contribution in [0.25, 0.3) is 11.1 Å². The zero-order valence-corrected chi connectivity index (χ0v) is 23.9. The average Bonchev–Trinajstić information content (AvgIpc) is 3.69. The van der Waals surface area contributed by atoms with E-state index < -0.39 is 34.5 Å². The van der Waals surface area contributed by atoms with Crippen LogP contribution in [0.5, 0.6) is 28.7 Å². The van der Waals surface area contributed by atoms with Crippen LogP contribution in [0.15, 0.2) is 53.5 Å². The van der Waals surface area contributed by atoms with Gasteiger partial charge in [0.05, 0.1) is 22.8 Å². The first kappa shape index (κ1) is 27.4. The normalized spacial score (nSPS) is 19.9. The van der Waals surface area contributed by atoms with Gasteiger partial charge in [0, 0.05) is 43.3 Å². The van der Waals surface area contributed by atoms with E-state index in [-0.39, 0.29) is 57.2 Å². The van der Waals surface area contributed by atoms with Crippen molar-refractivity contribution in [3.05, 3.63) is 92.4 Å². The molecule has 3 aliphatic rings. The molecule has 12 heteroatoms. The summed E-state index contributed by atoms with van der Waals surface area (Å²) >= 11 is 6.63. The number of amides is 1. The third kappa shape index (κ3) is 4.09. The van der Waals surface area contributed by atoms with Gasteiger partial charge < -0.3 is 24.8 Å². The van der Waals surface area contributed by atoms with Crippen LogP contribution in [0.1, 0.15) is 34.3 Å². The number of halogens is 3. The van der Waals surface area contributed by atoms with Crippen LogP contribution < -0.4 is 30.4 Å². The zero-order chi connectivity index (χ0) is 30.0. The van der Waals surface area contributed by atoms with Crippen molar-refractivity contribution >= 4 is 17.5 Å². The van der Waals surface area contributed by atoms with Crippen molar-refractivity contribution in [2.24, 2.45) is 7.05 Å². The van der Waals surface area contributed by atoms with E-state index in [9.17, 15) is 9.59 Å². The van der Waals surface area contributed by atoms with Gasteiger partial charge in [0.15, 0.2) is 22.9 Å². The molecule has 0 bridgehead atoms. The second kappa shape index (κ2) is 10.1. The highest BCUT2D eigenvalue weighted by Gasteiger charge is 2.50. The molecule has 2 N–H and O–H groups in total. The molecule has 0 spiro atoms. The fourth-order valence-corrected chi connectivity index (χ4v) is 6.51. The van der Waals surface area contributed by atoms with E-state index in [0.717, 1.165) is 29.6 Å². The quantitative estimate of drug-likeness (QED) is 0.289. The van der Waals surface area contributed by atoms with Gasteiger partial charge in [-0.25, -0.2) is 13.5 Å². The maximum atomic E-state index is 16.8. The third-order valence-corrected chi connectivity index (χ3v) is 8.67. The Labute approximate surface area is 249 Å². The van der Waals surface area contributed by atoms with Crippen molar-refractivity contribution in [1.82, 2.24) is 20.4 Å². The van der Waals surface area contributed by atoms with E-state index in [4.69, 9.17) is 25.8 Å². The van der Waals surface area contributed by atoms with Crippen molar-refractivity contribution in [2.75, 3.05) is 13.6 Å². The highest BCUT2D eigenvalue weighted by molar-refractivity contribution is 6.34. The van der Waals surface area contributed by atoms with Crippen molar-refractivity contribution in [3.8, 4) is 39.9 Å². The predicted molar refractivity (Wildman–Crippen MR) is 153 cm³/mol. The molecule has 1 aromatic heterocycles. The second-order valence-corrected chi connectivity index (χ2v) is 11.1. The van der Waals surface area contributed by atoms with Crippen LogP contribution in [0.3, 0.4) is 0 Å². The maximum Gasteiger partial charge on any atom is 0.313 e. The number of rotatable bonds is 4. The summed E-state index contributed by atoms with van der Waals surface area (Å²) < 4.78 is 51.5. The van der Waals surface area contributed by atoms with Gasteiger partial charge in [0.25, 0.3) is 5.91 Å². The number of ether oxygens (including phenoxy) is 3. The molecule has 3 aliphatic heterocycles. The molecule has 0 saturated carbocycles. The van der Waals surface area contributed by atoms with E-state index in [2.05, 4.69) is 15.7 Å². The average molecular weight is 607 g/mol. The standard InChI is InChI=1S/C31H25ClF2N4O5/c1-35-29(39)16-11-20-27(42-28-21(41-20)14-37-38(2)30(28)40)26(34)24(16)23-17-13-31(22-9-6-10-36-22,15-7-4-3-5-8-15)43-19(17)12-18(33)25(23)32/h3-5,7-8,11-12,14,22,36H,6,9-10,13H2,1-2H3,(H,35,39)/t22-,31-/m0/s1. The molecule has 1 saturated heterocycles. The highest BCUT2D eigenvalue weighted by atomic mass is 35.5. The summed E-state index contributed by atoms with van der Waals surface area (Å²) in [5.74, 6) is -3.30. The fraction of sp³-hybridized carbons (Fsp3) is 0.258. The summed E-state index contributed by atoms with van der Waals surface area (Å²) in [6.07, 6.45) is 3.20. The van der Waals surface area contributed by atoms with Gasteiger partial charge in [-0.05, 0) is 31.0 Å². The minimum atomic E-state index is -1.05. The third-order valence-electron chi connectivity index (χ3n) is 8.30. The van der Waals surface area contributed by atoms with E-state index >= 15 is 8.78 Å². The van der Waals surface area contributed by atoms with E-state index in [1.165, 1.54) is 32.4 Å². The monoisotopic (exact) mass is 606 g/mol. The Bertz CT molecular complexity index is 1880. The smallest absolute Gasteiger partial charge is 0.313 e. The predicted octanol–water partition coefficient (Wildman–Crippen LogP) is 5.22. The molecule has 4 aromatic rings. The number of nitrogens with one attached hydrogen (secondary N) is 2. The topological polar surface area (TPSA) is 104 Å². The lowest BCUT2D eigenvalue weighted by Gasteiger charge is -2.35. The number of benzene rings is 3. The lowest BCUT2D eigenvalue weighted by atomic mass is 9.80. The summed E-state index contributed by atoms with van der Waals surface area (Å²) in [5, 5.41) is 9.54. The first-order chi connectivity index (χ1) is 20.7. The molecule has 1 amide bonds. The Kier molecular flexibility index (Phi) is 6.40. The molecule has 43 heavy (non-hydrogen) atoms. The molecule has 4 heterocycles. The number of aromatic nitrogens is 2. The van der Waals surface area contributed by atoms with Crippen LogP contribution in [-0.2, 0) is 19.1 Å². The molecule has 220 valence electrons. The summed E-state index contributed by atoms with van der Waals surface area (Å²) in [6.45, 7) is 0.787. The largest absolute Gasteiger partial charge is 0.480 e. The van der Waals surface area contributed by atoms with Gasteiger partial charge in [-0.1, -0.05) is 41.9 Å². The number of carbonyl (C=O) groups excluding carboxylic acids is 1. The van der Waals surface area contributed by atoms with Crippen LogP contribution in [-0.4, -0.2) is 35.3 Å². The Hall–Kier alpha value is -4.48. The maximum absolute atomic E-state index is 16.8. The molecule has 9 nitrogen and oxygen atoms in total. The number of aryl methyl sites for hydroxylation is 1. The number of hydrogen-bond donors (Lipinski definition) is 2. The van der Waals surface area contributed by atoms with Crippen LogP contribution in [0, 0.1) is 11.6 Å². The number of fused-ring (bicyclic) bond motifs is 3. The molecule has 7 rings (SSSR count). The van der Waals surface area contributed by atoms with Gasteiger partial charge >= 0.3 is 5.56 Å². The van der Waals surface area contributed by atoms with Crippen molar-refractivity contribution in [1.29, 1.82) is 0 Å². The minimum absolute atomic E-state index is 0.0385. The van der Waals surface area contributed by atoms with Crippen LogP contribution in [0.2, 0.25) is 5.02 Å². The molecular formula is C31H25ClF2N4O5. The Morgan fingerprint density at radius 1 is 1.12 bits per heavy atom. The second-order valence-electron chi connectivity index (χ2n) is 10.7. The van der Waals surface area contributed by atoms with Crippen molar-refractivity contribution in [2.45, 2.75) is 30.9 Å². The van der Waals surface area contributed by atoms with E-state index in [1.807, 2.05) is 30.3 Å². The minimum Gasteiger partial charge on any atom is -0.480 e. The zero-order valence-electron chi connectivity index (χ0n) is 23.1. The van der Waals surface area contributed by atoms with Crippen LogP contribution in [0.4, 0.5) is 8.78 Å². The summed E-state index contributed by atoms with van der Waals surface area (Å²) in [4.78, 5) is 25.9. The number of nitrogens with zero attached hydrogens (tertiary/aromatic N) is 2. The first-order valence-corrected chi connectivity index (χ1v) is 14.1. The highest BCUT2D eigenvalue weighted by Crippen LogP contribution is 2.55. The fourth-order valence-electron chi connectivity index (χ4n) is 6.25. The van der Waals surface area contributed by atoms with E-state index in [1.54, 1.807) is 0 Å². The summed E-state index contributed by atoms with van der Waals surface area (Å²) in [7, 11) is 2.79.